The highest BCUT2D eigenvalue weighted by molar-refractivity contribution is 5.90. The van der Waals surface area contributed by atoms with Crippen LogP contribution in [0.15, 0.2) is 36.7 Å². The number of anilines is 1. The lowest BCUT2D eigenvalue weighted by atomic mass is 10.0. The molecule has 2 rings (SSSR count). The molecule has 0 spiro atoms. The molecule has 0 saturated carbocycles. The SMILES string of the molecule is CC(CCN)CCC(=O)Nc1ccc(-n2nccn2)cc1. The summed E-state index contributed by atoms with van der Waals surface area (Å²) >= 11 is 0. The number of benzene rings is 1. The number of nitrogens with zero attached hydrogens (tertiary/aromatic N) is 3. The van der Waals surface area contributed by atoms with Gasteiger partial charge >= 0.3 is 0 Å². The molecule has 0 aliphatic rings. The Morgan fingerprint density at radius 3 is 2.52 bits per heavy atom. The molecule has 6 nitrogen and oxygen atoms in total. The maximum absolute atomic E-state index is 11.9. The van der Waals surface area contributed by atoms with Gasteiger partial charge in [0, 0.05) is 12.1 Å². The second-order valence-electron chi connectivity index (χ2n) is 5.13. The van der Waals surface area contributed by atoms with Crippen molar-refractivity contribution in [3.8, 4) is 5.69 Å². The van der Waals surface area contributed by atoms with Crippen molar-refractivity contribution in [2.75, 3.05) is 11.9 Å². The Kier molecular flexibility index (Phi) is 5.45. The molecule has 1 amide bonds. The number of nitrogens with two attached hydrogens (primary N) is 1. The van der Waals surface area contributed by atoms with Crippen LogP contribution in [0.25, 0.3) is 5.69 Å². The summed E-state index contributed by atoms with van der Waals surface area (Å²) in [6, 6.07) is 7.43. The minimum Gasteiger partial charge on any atom is -0.330 e. The zero-order chi connectivity index (χ0) is 15.1. The first-order valence-electron chi connectivity index (χ1n) is 7.15. The Hall–Kier alpha value is -2.21. The third-order valence-corrected chi connectivity index (χ3v) is 3.32. The van der Waals surface area contributed by atoms with E-state index in [1.54, 1.807) is 12.4 Å². The van der Waals surface area contributed by atoms with Crippen molar-refractivity contribution in [1.29, 1.82) is 0 Å². The molecule has 2 aromatic rings. The van der Waals surface area contributed by atoms with Gasteiger partial charge in [0.25, 0.3) is 0 Å². The Labute approximate surface area is 124 Å². The maximum Gasteiger partial charge on any atom is 0.224 e. The van der Waals surface area contributed by atoms with Gasteiger partial charge in [0.2, 0.25) is 5.91 Å². The summed E-state index contributed by atoms with van der Waals surface area (Å²) in [6.07, 6.45) is 5.58. The maximum atomic E-state index is 11.9. The van der Waals surface area contributed by atoms with Crippen LogP contribution in [0.5, 0.6) is 0 Å². The quantitative estimate of drug-likeness (QED) is 0.815. The van der Waals surface area contributed by atoms with Crippen molar-refractivity contribution in [1.82, 2.24) is 15.0 Å². The van der Waals surface area contributed by atoms with Crippen molar-refractivity contribution < 1.29 is 4.79 Å². The van der Waals surface area contributed by atoms with E-state index < -0.39 is 0 Å². The molecule has 21 heavy (non-hydrogen) atoms. The Morgan fingerprint density at radius 1 is 1.24 bits per heavy atom. The van der Waals surface area contributed by atoms with E-state index >= 15 is 0 Å². The van der Waals surface area contributed by atoms with E-state index in [4.69, 9.17) is 5.73 Å². The highest BCUT2D eigenvalue weighted by Crippen LogP contribution is 2.14. The standard InChI is InChI=1S/C15H21N5O/c1-12(8-9-16)2-7-15(21)19-13-3-5-14(6-4-13)20-17-10-11-18-20/h3-6,10-12H,2,7-9,16H2,1H3,(H,19,21). The van der Waals surface area contributed by atoms with Gasteiger partial charge in [-0.1, -0.05) is 6.92 Å². The van der Waals surface area contributed by atoms with Crippen molar-refractivity contribution >= 4 is 11.6 Å². The van der Waals surface area contributed by atoms with Crippen LogP contribution >= 0.6 is 0 Å². The number of hydrogen-bond acceptors (Lipinski definition) is 4. The molecule has 0 saturated heterocycles. The third kappa shape index (κ3) is 4.68. The fraction of sp³-hybridized carbons (Fsp3) is 0.400. The van der Waals surface area contributed by atoms with Gasteiger partial charge in [-0.15, -0.1) is 0 Å². The van der Waals surface area contributed by atoms with Gasteiger partial charge in [-0.25, -0.2) is 0 Å². The number of aromatic nitrogens is 3. The number of carbonyl (C=O) groups excluding carboxylic acids is 1. The molecule has 1 unspecified atom stereocenters. The van der Waals surface area contributed by atoms with Gasteiger partial charge in [0.1, 0.15) is 0 Å². The van der Waals surface area contributed by atoms with Crippen LogP contribution in [-0.2, 0) is 4.79 Å². The first kappa shape index (κ1) is 15.2. The van der Waals surface area contributed by atoms with E-state index in [-0.39, 0.29) is 5.91 Å². The topological polar surface area (TPSA) is 85.8 Å². The van der Waals surface area contributed by atoms with E-state index in [2.05, 4.69) is 22.4 Å². The molecule has 0 aliphatic carbocycles. The van der Waals surface area contributed by atoms with Crippen LogP contribution in [0.2, 0.25) is 0 Å². The molecule has 1 atom stereocenters. The van der Waals surface area contributed by atoms with Gasteiger partial charge in [-0.05, 0) is 49.6 Å². The predicted octanol–water partition coefficient (Wildman–Crippen LogP) is 1.97. The van der Waals surface area contributed by atoms with Crippen LogP contribution < -0.4 is 11.1 Å². The molecule has 0 bridgehead atoms. The zero-order valence-corrected chi connectivity index (χ0v) is 12.2. The molecule has 6 heteroatoms. The molecule has 0 radical (unpaired) electrons. The van der Waals surface area contributed by atoms with E-state index in [0.29, 0.717) is 18.9 Å². The monoisotopic (exact) mass is 287 g/mol. The van der Waals surface area contributed by atoms with E-state index in [1.807, 2.05) is 24.3 Å². The highest BCUT2D eigenvalue weighted by atomic mass is 16.1. The van der Waals surface area contributed by atoms with Gasteiger partial charge in [0.05, 0.1) is 18.1 Å². The van der Waals surface area contributed by atoms with Crippen LogP contribution in [0.3, 0.4) is 0 Å². The van der Waals surface area contributed by atoms with Crippen molar-refractivity contribution in [3.63, 3.8) is 0 Å². The summed E-state index contributed by atoms with van der Waals surface area (Å²) < 4.78 is 0. The van der Waals surface area contributed by atoms with Crippen LogP contribution in [0, 0.1) is 5.92 Å². The Morgan fingerprint density at radius 2 is 1.90 bits per heavy atom. The molecular formula is C15H21N5O. The smallest absolute Gasteiger partial charge is 0.224 e. The van der Waals surface area contributed by atoms with Crippen LogP contribution in [0.4, 0.5) is 5.69 Å². The lowest BCUT2D eigenvalue weighted by molar-refractivity contribution is -0.116. The minimum absolute atomic E-state index is 0.0313. The lowest BCUT2D eigenvalue weighted by Crippen LogP contribution is -2.14. The summed E-state index contributed by atoms with van der Waals surface area (Å²) in [6.45, 7) is 2.79. The van der Waals surface area contributed by atoms with Crippen molar-refractivity contribution in [3.05, 3.63) is 36.7 Å². The number of nitrogens with one attached hydrogen (secondary N) is 1. The van der Waals surface area contributed by atoms with E-state index in [9.17, 15) is 4.79 Å². The average Bonchev–Trinajstić information content (AvgIpc) is 3.00. The largest absolute Gasteiger partial charge is 0.330 e. The molecule has 112 valence electrons. The second-order valence-corrected chi connectivity index (χ2v) is 5.13. The molecule has 1 aromatic carbocycles. The van der Waals surface area contributed by atoms with Crippen LogP contribution in [-0.4, -0.2) is 27.4 Å². The van der Waals surface area contributed by atoms with Gasteiger partial charge in [0.15, 0.2) is 0 Å². The Balaban J connectivity index is 1.84. The van der Waals surface area contributed by atoms with Crippen molar-refractivity contribution in [2.24, 2.45) is 11.7 Å². The predicted molar refractivity (Wildman–Crippen MR) is 82.1 cm³/mol. The second kappa shape index (κ2) is 7.54. The number of rotatable bonds is 7. The molecule has 1 heterocycles. The van der Waals surface area contributed by atoms with E-state index in [1.165, 1.54) is 4.80 Å². The van der Waals surface area contributed by atoms with Gasteiger partial charge in [-0.3, -0.25) is 4.79 Å². The normalized spacial score (nSPS) is 12.1. The molecule has 1 aromatic heterocycles. The van der Waals surface area contributed by atoms with E-state index in [0.717, 1.165) is 24.2 Å². The lowest BCUT2D eigenvalue weighted by Gasteiger charge is -2.10. The fourth-order valence-corrected chi connectivity index (χ4v) is 2.06. The first-order valence-corrected chi connectivity index (χ1v) is 7.15. The van der Waals surface area contributed by atoms with Crippen molar-refractivity contribution in [2.45, 2.75) is 26.2 Å². The molecule has 0 fully saturated rings. The highest BCUT2D eigenvalue weighted by Gasteiger charge is 2.07. The molecular weight excluding hydrogens is 266 g/mol. The summed E-state index contributed by atoms with van der Waals surface area (Å²) in [5.74, 6) is 0.512. The molecule has 3 N–H and O–H groups in total. The number of carbonyl (C=O) groups is 1. The summed E-state index contributed by atoms with van der Waals surface area (Å²) in [7, 11) is 0. The van der Waals surface area contributed by atoms with Gasteiger partial charge in [-0.2, -0.15) is 15.0 Å². The third-order valence-electron chi connectivity index (χ3n) is 3.32. The number of hydrogen-bond donors (Lipinski definition) is 2. The summed E-state index contributed by atoms with van der Waals surface area (Å²) in [4.78, 5) is 13.4. The minimum atomic E-state index is 0.0313. The Bertz CT molecular complexity index is 550. The first-order chi connectivity index (χ1) is 10.2. The summed E-state index contributed by atoms with van der Waals surface area (Å²) in [5.41, 5.74) is 7.14. The average molecular weight is 287 g/mol. The zero-order valence-electron chi connectivity index (χ0n) is 12.2. The summed E-state index contributed by atoms with van der Waals surface area (Å²) in [5, 5.41) is 11.0. The molecule has 0 aliphatic heterocycles. The van der Waals surface area contributed by atoms with Crippen LogP contribution in [0.1, 0.15) is 26.2 Å². The number of amides is 1. The fourth-order valence-electron chi connectivity index (χ4n) is 2.06. The van der Waals surface area contributed by atoms with Gasteiger partial charge < -0.3 is 11.1 Å².